The van der Waals surface area contributed by atoms with Gasteiger partial charge in [-0.2, -0.15) is 0 Å². The lowest BCUT2D eigenvalue weighted by molar-refractivity contribution is 0.0920. The molecule has 2 N–H and O–H groups in total. The van der Waals surface area contributed by atoms with Gasteiger partial charge < -0.3 is 10.6 Å². The van der Waals surface area contributed by atoms with E-state index in [1.165, 1.54) is 12.1 Å². The molecule has 0 atom stereocenters. The van der Waals surface area contributed by atoms with Crippen molar-refractivity contribution in [2.45, 2.75) is 37.8 Å². The quantitative estimate of drug-likeness (QED) is 0.895. The lowest BCUT2D eigenvalue weighted by Gasteiger charge is -2.28. The zero-order valence-corrected chi connectivity index (χ0v) is 12.5. The van der Waals surface area contributed by atoms with Gasteiger partial charge in [-0.25, -0.2) is 4.39 Å². The van der Waals surface area contributed by atoms with Crippen LogP contribution in [0.4, 0.5) is 4.39 Å². The number of carbonyl (C=O) groups is 1. The van der Waals surface area contributed by atoms with E-state index in [4.69, 9.17) is 0 Å². The number of hydrogen-bond acceptors (Lipinski definition) is 2. The van der Waals surface area contributed by atoms with Gasteiger partial charge in [-0.3, -0.25) is 4.79 Å². The Hall–Kier alpha value is -0.940. The van der Waals surface area contributed by atoms with E-state index >= 15 is 0 Å². The first-order valence-corrected chi connectivity index (χ1v) is 7.32. The molecule has 1 saturated carbocycles. The van der Waals surface area contributed by atoms with Crippen LogP contribution in [0.1, 0.15) is 36.0 Å². The molecule has 1 aliphatic carbocycles. The third-order valence-corrected chi connectivity index (χ3v) is 4.14. The van der Waals surface area contributed by atoms with E-state index in [2.05, 4.69) is 26.6 Å². The highest BCUT2D eigenvalue weighted by Gasteiger charge is 2.22. The van der Waals surface area contributed by atoms with Gasteiger partial charge in [0.1, 0.15) is 5.82 Å². The van der Waals surface area contributed by atoms with Crippen LogP contribution in [0.15, 0.2) is 22.7 Å². The summed E-state index contributed by atoms with van der Waals surface area (Å²) in [7, 11) is 1.96. The maximum atomic E-state index is 13.6. The number of nitrogens with one attached hydrogen (secondary N) is 2. The van der Waals surface area contributed by atoms with E-state index < -0.39 is 5.82 Å². The van der Waals surface area contributed by atoms with Crippen molar-refractivity contribution in [2.75, 3.05) is 7.05 Å². The van der Waals surface area contributed by atoms with E-state index in [9.17, 15) is 9.18 Å². The molecule has 0 bridgehead atoms. The number of carbonyl (C=O) groups excluding carboxylic acids is 1. The maximum absolute atomic E-state index is 13.6. The molecule has 0 unspecified atom stereocenters. The lowest BCUT2D eigenvalue weighted by Crippen LogP contribution is -2.41. The van der Waals surface area contributed by atoms with Crippen molar-refractivity contribution in [1.29, 1.82) is 0 Å². The number of benzene rings is 1. The second-order valence-corrected chi connectivity index (χ2v) is 5.85. The van der Waals surface area contributed by atoms with Crippen LogP contribution >= 0.6 is 15.9 Å². The van der Waals surface area contributed by atoms with Gasteiger partial charge in [0.05, 0.1) is 5.56 Å². The monoisotopic (exact) mass is 328 g/mol. The minimum atomic E-state index is -0.482. The van der Waals surface area contributed by atoms with Crippen LogP contribution in [0.3, 0.4) is 0 Å². The van der Waals surface area contributed by atoms with Gasteiger partial charge in [0.15, 0.2) is 0 Å². The summed E-state index contributed by atoms with van der Waals surface area (Å²) in [6, 6.07) is 5.09. The van der Waals surface area contributed by atoms with Crippen LogP contribution in [-0.4, -0.2) is 25.0 Å². The zero-order valence-electron chi connectivity index (χ0n) is 10.9. The third kappa shape index (κ3) is 3.76. The predicted octanol–water partition coefficient (Wildman–Crippen LogP) is 2.85. The van der Waals surface area contributed by atoms with Crippen molar-refractivity contribution in [1.82, 2.24) is 10.6 Å². The lowest BCUT2D eigenvalue weighted by atomic mass is 9.91. The highest BCUT2D eigenvalue weighted by molar-refractivity contribution is 9.10. The topological polar surface area (TPSA) is 41.1 Å². The molecule has 1 aromatic rings. The SMILES string of the molecule is CNC1CCC(NC(=O)c2cc(Br)ccc2F)CC1. The van der Waals surface area contributed by atoms with Crippen molar-refractivity contribution >= 4 is 21.8 Å². The average Bonchev–Trinajstić information content (AvgIpc) is 2.42. The van der Waals surface area contributed by atoms with Crippen LogP contribution in [0, 0.1) is 5.82 Å². The van der Waals surface area contributed by atoms with Gasteiger partial charge in [-0.05, 0) is 50.9 Å². The molecular weight excluding hydrogens is 311 g/mol. The molecule has 0 spiro atoms. The number of amides is 1. The maximum Gasteiger partial charge on any atom is 0.254 e. The summed E-state index contributed by atoms with van der Waals surface area (Å²) in [4.78, 5) is 12.0. The van der Waals surface area contributed by atoms with Crippen LogP contribution in [0.2, 0.25) is 0 Å². The Labute approximate surface area is 121 Å². The van der Waals surface area contributed by atoms with Gasteiger partial charge >= 0.3 is 0 Å². The van der Waals surface area contributed by atoms with Crippen LogP contribution in [0.25, 0.3) is 0 Å². The number of halogens is 2. The summed E-state index contributed by atoms with van der Waals surface area (Å²) in [6.07, 6.45) is 3.96. The van der Waals surface area contributed by atoms with Gasteiger partial charge in [-0.1, -0.05) is 15.9 Å². The fraction of sp³-hybridized carbons (Fsp3) is 0.500. The Morgan fingerprint density at radius 2 is 1.89 bits per heavy atom. The third-order valence-electron chi connectivity index (χ3n) is 3.64. The van der Waals surface area contributed by atoms with Crippen LogP contribution in [-0.2, 0) is 0 Å². The highest BCUT2D eigenvalue weighted by atomic mass is 79.9. The molecule has 1 aromatic carbocycles. The summed E-state index contributed by atoms with van der Waals surface area (Å²) in [6.45, 7) is 0. The standard InChI is InChI=1S/C14H18BrFN2O/c1-17-10-3-5-11(6-4-10)18-14(19)12-8-9(15)2-7-13(12)16/h2,7-8,10-11,17H,3-6H2,1H3,(H,18,19). The number of hydrogen-bond donors (Lipinski definition) is 2. The van der Waals surface area contributed by atoms with E-state index in [0.717, 1.165) is 25.7 Å². The second kappa shape index (κ2) is 6.48. The molecular formula is C14H18BrFN2O. The van der Waals surface area contributed by atoms with E-state index in [0.29, 0.717) is 10.5 Å². The Balaban J connectivity index is 1.96. The average molecular weight is 329 g/mol. The normalized spacial score (nSPS) is 23.1. The minimum Gasteiger partial charge on any atom is -0.349 e. The predicted molar refractivity (Wildman–Crippen MR) is 76.7 cm³/mol. The molecule has 0 aliphatic heterocycles. The molecule has 104 valence electrons. The Bertz CT molecular complexity index is 459. The van der Waals surface area contributed by atoms with Crippen LogP contribution < -0.4 is 10.6 Å². The van der Waals surface area contributed by atoms with Crippen LogP contribution in [0.5, 0.6) is 0 Å². The molecule has 5 heteroatoms. The molecule has 2 rings (SSSR count). The summed E-state index contributed by atoms with van der Waals surface area (Å²) >= 11 is 3.25. The summed E-state index contributed by atoms with van der Waals surface area (Å²) < 4.78 is 14.3. The first-order valence-electron chi connectivity index (χ1n) is 6.53. The van der Waals surface area contributed by atoms with Crippen molar-refractivity contribution in [2.24, 2.45) is 0 Å². The molecule has 0 aromatic heterocycles. The van der Waals surface area contributed by atoms with Crippen molar-refractivity contribution in [3.8, 4) is 0 Å². The molecule has 1 fully saturated rings. The molecule has 1 aliphatic rings. The number of rotatable bonds is 3. The first kappa shape index (κ1) is 14.5. The molecule has 1 amide bonds. The molecule has 0 heterocycles. The van der Waals surface area contributed by atoms with Gasteiger partial charge in [-0.15, -0.1) is 0 Å². The van der Waals surface area contributed by atoms with Crippen molar-refractivity contribution in [3.63, 3.8) is 0 Å². The van der Waals surface area contributed by atoms with E-state index in [1.54, 1.807) is 6.07 Å². The second-order valence-electron chi connectivity index (χ2n) is 4.93. The first-order chi connectivity index (χ1) is 9.10. The summed E-state index contributed by atoms with van der Waals surface area (Å²) in [5, 5.41) is 6.17. The zero-order chi connectivity index (χ0) is 13.8. The molecule has 0 saturated heterocycles. The van der Waals surface area contributed by atoms with Gasteiger partial charge in [0.2, 0.25) is 0 Å². The van der Waals surface area contributed by atoms with Gasteiger partial charge in [0, 0.05) is 16.6 Å². The highest BCUT2D eigenvalue weighted by Crippen LogP contribution is 2.20. The Morgan fingerprint density at radius 1 is 1.26 bits per heavy atom. The van der Waals surface area contributed by atoms with E-state index in [1.807, 2.05) is 7.05 Å². The molecule has 19 heavy (non-hydrogen) atoms. The molecule has 3 nitrogen and oxygen atoms in total. The molecule has 0 radical (unpaired) electrons. The summed E-state index contributed by atoms with van der Waals surface area (Å²) in [5.41, 5.74) is 0.102. The fourth-order valence-corrected chi connectivity index (χ4v) is 2.82. The van der Waals surface area contributed by atoms with E-state index in [-0.39, 0.29) is 17.5 Å². The summed E-state index contributed by atoms with van der Waals surface area (Å²) in [5.74, 6) is -0.809. The largest absolute Gasteiger partial charge is 0.349 e. The van der Waals surface area contributed by atoms with Gasteiger partial charge in [0.25, 0.3) is 5.91 Å². The Kier molecular flexibility index (Phi) is 4.93. The van der Waals surface area contributed by atoms with Crippen molar-refractivity contribution < 1.29 is 9.18 Å². The minimum absolute atomic E-state index is 0.102. The van der Waals surface area contributed by atoms with Crippen molar-refractivity contribution in [3.05, 3.63) is 34.1 Å². The fourth-order valence-electron chi connectivity index (χ4n) is 2.46. The Morgan fingerprint density at radius 3 is 2.53 bits per heavy atom. The smallest absolute Gasteiger partial charge is 0.254 e.